The average molecular weight is 198 g/mol. The van der Waals surface area contributed by atoms with Gasteiger partial charge in [0.25, 0.3) is 0 Å². The summed E-state index contributed by atoms with van der Waals surface area (Å²) in [6, 6.07) is 0.856. The third-order valence-corrected chi connectivity index (χ3v) is 2.54. The Morgan fingerprint density at radius 3 is 2.43 bits per heavy atom. The molecule has 0 bridgehead atoms. The summed E-state index contributed by atoms with van der Waals surface area (Å²) < 4.78 is 0. The van der Waals surface area contributed by atoms with E-state index in [2.05, 4.69) is 5.32 Å². The number of carbonyl (C=O) groups is 2. The molecule has 1 heterocycles. The first kappa shape index (κ1) is 10.5. The molecule has 1 aliphatic heterocycles. The molecule has 1 saturated heterocycles. The molecule has 0 aliphatic carbocycles. The Balaban J connectivity index is 2.94. The highest BCUT2D eigenvalue weighted by atomic mass is 16.4. The highest BCUT2D eigenvalue weighted by molar-refractivity contribution is 5.83. The summed E-state index contributed by atoms with van der Waals surface area (Å²) in [7, 11) is 0. The Kier molecular flexibility index (Phi) is 2.45. The number of rotatable bonds is 2. The smallest absolute Gasteiger partial charge is 0.325 e. The Bertz CT molecular complexity index is 322. The Hall–Kier alpha value is -1.61. The maximum Gasteiger partial charge on any atom is 0.325 e. The molecule has 0 radical (unpaired) electrons. The number of carboxylic acid groups (broad SMARTS) is 2. The molecule has 1 aliphatic rings. The second-order valence-corrected chi connectivity index (χ2v) is 3.46. The first-order chi connectivity index (χ1) is 6.41. The molecule has 0 spiro atoms. The SMILES string of the molecule is CC1(C(=O)O)N[C@H](C(=O)O)CC1C#N. The van der Waals surface area contributed by atoms with Crippen LogP contribution in [0, 0.1) is 17.2 Å². The van der Waals surface area contributed by atoms with E-state index in [1.807, 2.05) is 6.07 Å². The van der Waals surface area contributed by atoms with E-state index in [1.54, 1.807) is 0 Å². The summed E-state index contributed by atoms with van der Waals surface area (Å²) in [4.78, 5) is 21.5. The van der Waals surface area contributed by atoms with Crippen LogP contribution in [0.5, 0.6) is 0 Å². The fourth-order valence-electron chi connectivity index (χ4n) is 1.55. The number of nitrogens with zero attached hydrogens (tertiary/aromatic N) is 1. The predicted molar refractivity (Wildman–Crippen MR) is 44.3 cm³/mol. The molecule has 0 aromatic rings. The molecule has 3 N–H and O–H groups in total. The summed E-state index contributed by atoms with van der Waals surface area (Å²) in [6.45, 7) is 1.33. The van der Waals surface area contributed by atoms with E-state index in [0.717, 1.165) is 0 Å². The van der Waals surface area contributed by atoms with E-state index in [1.165, 1.54) is 6.92 Å². The molecule has 0 saturated carbocycles. The first-order valence-corrected chi connectivity index (χ1v) is 4.05. The largest absolute Gasteiger partial charge is 0.480 e. The summed E-state index contributed by atoms with van der Waals surface area (Å²) >= 11 is 0. The van der Waals surface area contributed by atoms with Crippen LogP contribution in [0.2, 0.25) is 0 Å². The van der Waals surface area contributed by atoms with Gasteiger partial charge in [0.2, 0.25) is 0 Å². The molecule has 76 valence electrons. The Morgan fingerprint density at radius 2 is 2.14 bits per heavy atom. The molecule has 6 heteroatoms. The molecular formula is C8H10N2O4. The van der Waals surface area contributed by atoms with Crippen LogP contribution in [0.15, 0.2) is 0 Å². The van der Waals surface area contributed by atoms with Gasteiger partial charge in [-0.15, -0.1) is 0 Å². The number of nitrogens with one attached hydrogen (secondary N) is 1. The summed E-state index contributed by atoms with van der Waals surface area (Å²) in [5.41, 5.74) is -1.46. The molecule has 14 heavy (non-hydrogen) atoms. The van der Waals surface area contributed by atoms with Crippen molar-refractivity contribution in [1.82, 2.24) is 5.32 Å². The highest BCUT2D eigenvalue weighted by Gasteiger charge is 2.51. The van der Waals surface area contributed by atoms with Crippen molar-refractivity contribution in [2.45, 2.75) is 24.9 Å². The molecular weight excluding hydrogens is 188 g/mol. The zero-order valence-electron chi connectivity index (χ0n) is 7.52. The van der Waals surface area contributed by atoms with Crippen LogP contribution in [-0.2, 0) is 9.59 Å². The van der Waals surface area contributed by atoms with Crippen molar-refractivity contribution >= 4 is 11.9 Å². The van der Waals surface area contributed by atoms with E-state index < -0.39 is 29.4 Å². The third-order valence-electron chi connectivity index (χ3n) is 2.54. The van der Waals surface area contributed by atoms with Crippen molar-refractivity contribution in [2.75, 3.05) is 0 Å². The summed E-state index contributed by atoms with van der Waals surface area (Å²) in [5.74, 6) is -3.15. The number of nitriles is 1. The monoisotopic (exact) mass is 198 g/mol. The fourth-order valence-corrected chi connectivity index (χ4v) is 1.55. The highest BCUT2D eigenvalue weighted by Crippen LogP contribution is 2.29. The van der Waals surface area contributed by atoms with Gasteiger partial charge in [-0.1, -0.05) is 0 Å². The van der Waals surface area contributed by atoms with Gasteiger partial charge in [0.1, 0.15) is 11.6 Å². The van der Waals surface area contributed by atoms with Gasteiger partial charge in [0, 0.05) is 0 Å². The summed E-state index contributed by atoms with van der Waals surface area (Å²) in [5, 5.41) is 28.7. The van der Waals surface area contributed by atoms with E-state index in [9.17, 15) is 9.59 Å². The van der Waals surface area contributed by atoms with E-state index >= 15 is 0 Å². The van der Waals surface area contributed by atoms with Crippen molar-refractivity contribution in [3.8, 4) is 6.07 Å². The van der Waals surface area contributed by atoms with Gasteiger partial charge in [0.05, 0.1) is 12.0 Å². The van der Waals surface area contributed by atoms with Crippen molar-refractivity contribution in [3.63, 3.8) is 0 Å². The quantitative estimate of drug-likeness (QED) is 0.547. The molecule has 2 unspecified atom stereocenters. The lowest BCUT2D eigenvalue weighted by atomic mass is 9.88. The van der Waals surface area contributed by atoms with E-state index in [4.69, 9.17) is 15.5 Å². The normalized spacial score (nSPS) is 36.3. The van der Waals surface area contributed by atoms with Crippen molar-refractivity contribution in [2.24, 2.45) is 5.92 Å². The molecule has 0 amide bonds. The van der Waals surface area contributed by atoms with Crippen LogP contribution in [0.3, 0.4) is 0 Å². The van der Waals surface area contributed by atoms with Crippen LogP contribution in [0.4, 0.5) is 0 Å². The lowest BCUT2D eigenvalue weighted by Crippen LogP contribution is -2.52. The van der Waals surface area contributed by atoms with Gasteiger partial charge >= 0.3 is 11.9 Å². The third kappa shape index (κ3) is 1.42. The van der Waals surface area contributed by atoms with Gasteiger partial charge in [-0.25, -0.2) is 0 Å². The topological polar surface area (TPSA) is 110 Å². The van der Waals surface area contributed by atoms with Crippen LogP contribution < -0.4 is 5.32 Å². The fraction of sp³-hybridized carbons (Fsp3) is 0.625. The minimum Gasteiger partial charge on any atom is -0.480 e. The van der Waals surface area contributed by atoms with Gasteiger partial charge in [-0.2, -0.15) is 5.26 Å². The Morgan fingerprint density at radius 1 is 1.57 bits per heavy atom. The van der Waals surface area contributed by atoms with Gasteiger partial charge in [-0.05, 0) is 13.3 Å². The zero-order valence-corrected chi connectivity index (χ0v) is 7.52. The van der Waals surface area contributed by atoms with Gasteiger partial charge in [-0.3, -0.25) is 14.9 Å². The van der Waals surface area contributed by atoms with Crippen LogP contribution in [-0.4, -0.2) is 33.7 Å². The number of hydrogen-bond acceptors (Lipinski definition) is 4. The lowest BCUT2D eigenvalue weighted by molar-refractivity contribution is -0.145. The van der Waals surface area contributed by atoms with Gasteiger partial charge in [0.15, 0.2) is 0 Å². The predicted octanol–water partition coefficient (Wildman–Crippen LogP) is -0.584. The Labute approximate surface area is 80.1 Å². The number of hydrogen-bond donors (Lipinski definition) is 3. The molecule has 1 rings (SSSR count). The second kappa shape index (κ2) is 3.27. The molecule has 3 atom stereocenters. The average Bonchev–Trinajstić information content (AvgIpc) is 2.44. The van der Waals surface area contributed by atoms with Crippen molar-refractivity contribution in [1.29, 1.82) is 5.26 Å². The zero-order chi connectivity index (χ0) is 10.9. The molecule has 0 aromatic carbocycles. The van der Waals surface area contributed by atoms with Crippen LogP contribution in [0.25, 0.3) is 0 Å². The van der Waals surface area contributed by atoms with E-state index in [0.29, 0.717) is 0 Å². The van der Waals surface area contributed by atoms with Crippen molar-refractivity contribution < 1.29 is 19.8 Å². The van der Waals surface area contributed by atoms with Crippen molar-refractivity contribution in [3.05, 3.63) is 0 Å². The molecule has 6 nitrogen and oxygen atoms in total. The summed E-state index contributed by atoms with van der Waals surface area (Å²) in [6.07, 6.45) is 0.0225. The minimum absolute atomic E-state index is 0.0225. The molecule has 0 aromatic heterocycles. The maximum atomic E-state index is 10.9. The van der Waals surface area contributed by atoms with Gasteiger partial charge < -0.3 is 10.2 Å². The van der Waals surface area contributed by atoms with Crippen LogP contribution in [0.1, 0.15) is 13.3 Å². The number of aliphatic carboxylic acids is 2. The number of carboxylic acids is 2. The second-order valence-electron chi connectivity index (χ2n) is 3.46. The standard InChI is InChI=1S/C8H10N2O4/c1-8(7(13)14)4(3-9)2-5(10-8)6(11)12/h4-5,10H,2H2,1H3,(H,11,12)(H,13,14)/t4?,5-,8?/m0/s1. The lowest BCUT2D eigenvalue weighted by Gasteiger charge is -2.22. The maximum absolute atomic E-state index is 10.9. The first-order valence-electron chi connectivity index (χ1n) is 4.05. The molecule has 1 fully saturated rings. The minimum atomic E-state index is -1.46. The van der Waals surface area contributed by atoms with Crippen LogP contribution >= 0.6 is 0 Å². The van der Waals surface area contributed by atoms with E-state index in [-0.39, 0.29) is 6.42 Å².